The molecule has 2 atom stereocenters. The molecule has 0 heterocycles. The van der Waals surface area contributed by atoms with Crippen molar-refractivity contribution in [3.05, 3.63) is 0 Å². The molecule has 1 rings (SSSR count). The van der Waals surface area contributed by atoms with Gasteiger partial charge in [-0.2, -0.15) is 4.99 Å². The molecule has 0 saturated heterocycles. The topological polar surface area (TPSA) is 81.8 Å². The molecule has 1 aliphatic rings. The van der Waals surface area contributed by atoms with Crippen LogP contribution in [0.4, 0.5) is 0 Å². The third-order valence-corrected chi connectivity index (χ3v) is 2.15. The van der Waals surface area contributed by atoms with Crippen LogP contribution in [0, 0.1) is 5.92 Å². The van der Waals surface area contributed by atoms with Gasteiger partial charge in [-0.15, -0.1) is 0 Å². The van der Waals surface area contributed by atoms with Crippen LogP contribution in [0.1, 0.15) is 12.8 Å². The third-order valence-electron chi connectivity index (χ3n) is 2.15. The number of hydrogen-bond donors (Lipinski definition) is 1. The Kier molecular flexibility index (Phi) is 3.17. The number of rotatable bonds is 4. The number of ether oxygens (including phenoxy) is 1. The van der Waals surface area contributed by atoms with E-state index < -0.39 is 18.1 Å². The van der Waals surface area contributed by atoms with Gasteiger partial charge in [-0.05, 0) is 18.8 Å². The fraction of sp³-hybridized carbons (Fsp3) is 0.750. The van der Waals surface area contributed by atoms with Crippen LogP contribution in [-0.4, -0.2) is 31.2 Å². The number of carbonyl (C=O) groups is 1. The van der Waals surface area contributed by atoms with Crippen LogP contribution < -0.4 is 5.73 Å². The zero-order valence-corrected chi connectivity index (χ0v) is 7.40. The summed E-state index contributed by atoms with van der Waals surface area (Å²) in [4.78, 5) is 24.6. The first-order valence-electron chi connectivity index (χ1n) is 4.11. The van der Waals surface area contributed by atoms with Crippen molar-refractivity contribution >= 4 is 12.0 Å². The zero-order chi connectivity index (χ0) is 9.84. The van der Waals surface area contributed by atoms with Gasteiger partial charge in [-0.1, -0.05) is 0 Å². The van der Waals surface area contributed by atoms with E-state index in [4.69, 9.17) is 5.73 Å². The number of carbonyl (C=O) groups excluding carboxylic acids is 2. The Morgan fingerprint density at radius 1 is 1.69 bits per heavy atom. The van der Waals surface area contributed by atoms with Gasteiger partial charge < -0.3 is 10.5 Å². The third kappa shape index (κ3) is 2.37. The average molecular weight is 184 g/mol. The van der Waals surface area contributed by atoms with Crippen molar-refractivity contribution in [3.63, 3.8) is 0 Å². The average Bonchev–Trinajstić information content (AvgIpc) is 2.95. The number of aliphatic imine (C=N–C) groups is 1. The fourth-order valence-corrected chi connectivity index (χ4v) is 1.25. The van der Waals surface area contributed by atoms with Crippen molar-refractivity contribution in [1.82, 2.24) is 0 Å². The van der Waals surface area contributed by atoms with Gasteiger partial charge in [0.05, 0.1) is 13.2 Å². The van der Waals surface area contributed by atoms with Gasteiger partial charge in [0.1, 0.15) is 6.04 Å². The largest absolute Gasteiger partial charge is 0.468 e. The minimum absolute atomic E-state index is 0.246. The van der Waals surface area contributed by atoms with Crippen molar-refractivity contribution in [1.29, 1.82) is 0 Å². The van der Waals surface area contributed by atoms with E-state index in [0.29, 0.717) is 0 Å². The van der Waals surface area contributed by atoms with E-state index in [9.17, 15) is 9.59 Å². The molecule has 1 fully saturated rings. The molecule has 1 saturated carbocycles. The molecule has 0 aromatic rings. The number of nitrogens with two attached hydrogens (primary N) is 1. The molecule has 0 aliphatic heterocycles. The summed E-state index contributed by atoms with van der Waals surface area (Å²) < 4.78 is 4.46. The summed E-state index contributed by atoms with van der Waals surface area (Å²) in [5.74, 6) is -0.286. The van der Waals surface area contributed by atoms with Crippen molar-refractivity contribution in [2.75, 3.05) is 7.11 Å². The minimum atomic E-state index is -0.834. The highest BCUT2D eigenvalue weighted by atomic mass is 16.5. The van der Waals surface area contributed by atoms with Crippen LogP contribution >= 0.6 is 0 Å². The Morgan fingerprint density at radius 2 is 2.31 bits per heavy atom. The first kappa shape index (κ1) is 9.89. The van der Waals surface area contributed by atoms with Gasteiger partial charge in [-0.25, -0.2) is 4.79 Å². The molecule has 0 spiro atoms. The SMILES string of the molecule is COC(=O)[C@@H](N)C(N=C=O)C1CC1. The van der Waals surface area contributed by atoms with Crippen LogP contribution in [0.25, 0.3) is 0 Å². The lowest BCUT2D eigenvalue weighted by molar-refractivity contribution is -0.142. The molecule has 0 radical (unpaired) electrons. The Hall–Kier alpha value is -1.19. The summed E-state index contributed by atoms with van der Waals surface area (Å²) in [6.45, 7) is 0. The summed E-state index contributed by atoms with van der Waals surface area (Å²) in [5, 5.41) is 0. The second-order valence-electron chi connectivity index (χ2n) is 3.10. The summed E-state index contributed by atoms with van der Waals surface area (Å²) in [6, 6.07) is -1.29. The second kappa shape index (κ2) is 4.16. The zero-order valence-electron chi connectivity index (χ0n) is 7.40. The Labute approximate surface area is 76.0 Å². The van der Waals surface area contributed by atoms with Crippen LogP contribution in [-0.2, 0) is 14.3 Å². The molecule has 0 aromatic carbocycles. The first-order chi connectivity index (χ1) is 6.20. The highest BCUT2D eigenvalue weighted by molar-refractivity contribution is 5.76. The van der Waals surface area contributed by atoms with E-state index in [1.54, 1.807) is 0 Å². The lowest BCUT2D eigenvalue weighted by atomic mass is 10.1. The smallest absolute Gasteiger partial charge is 0.324 e. The van der Waals surface area contributed by atoms with Gasteiger partial charge in [0.2, 0.25) is 6.08 Å². The lowest BCUT2D eigenvalue weighted by Gasteiger charge is -2.15. The maximum Gasteiger partial charge on any atom is 0.324 e. The molecule has 2 N–H and O–H groups in total. The van der Waals surface area contributed by atoms with Crippen LogP contribution in [0.2, 0.25) is 0 Å². The Morgan fingerprint density at radius 3 is 2.69 bits per heavy atom. The molecule has 5 nitrogen and oxygen atoms in total. The minimum Gasteiger partial charge on any atom is -0.468 e. The standard InChI is InChI=1S/C8H12N2O3/c1-13-8(12)6(9)7(10-4-11)5-2-3-5/h5-7H,2-3,9H2,1H3/t6-,7?/m0/s1. The van der Waals surface area contributed by atoms with Gasteiger partial charge >= 0.3 is 5.97 Å². The number of methoxy groups -OCH3 is 1. The summed E-state index contributed by atoms with van der Waals surface area (Å²) in [7, 11) is 1.26. The van der Waals surface area contributed by atoms with Gasteiger partial charge in [0, 0.05) is 0 Å². The Balaban J connectivity index is 2.62. The van der Waals surface area contributed by atoms with E-state index in [0.717, 1.165) is 12.8 Å². The highest BCUT2D eigenvalue weighted by Crippen LogP contribution is 2.35. The normalized spacial score (nSPS) is 19.8. The van der Waals surface area contributed by atoms with E-state index in [1.807, 2.05) is 0 Å². The van der Waals surface area contributed by atoms with Gasteiger partial charge in [0.25, 0.3) is 0 Å². The van der Waals surface area contributed by atoms with Gasteiger partial charge in [-0.3, -0.25) is 4.79 Å². The molecule has 13 heavy (non-hydrogen) atoms. The molecule has 5 heteroatoms. The van der Waals surface area contributed by atoms with Gasteiger partial charge in [0.15, 0.2) is 0 Å². The van der Waals surface area contributed by atoms with Crippen molar-refractivity contribution in [2.45, 2.75) is 24.9 Å². The highest BCUT2D eigenvalue weighted by Gasteiger charge is 2.38. The maximum absolute atomic E-state index is 11.0. The lowest BCUT2D eigenvalue weighted by Crippen LogP contribution is -2.42. The molecule has 0 aromatic heterocycles. The van der Waals surface area contributed by atoms with E-state index in [2.05, 4.69) is 9.73 Å². The molecule has 72 valence electrons. The van der Waals surface area contributed by atoms with Crippen molar-refractivity contribution in [2.24, 2.45) is 16.6 Å². The number of nitrogens with zero attached hydrogens (tertiary/aromatic N) is 1. The second-order valence-corrected chi connectivity index (χ2v) is 3.10. The fourth-order valence-electron chi connectivity index (χ4n) is 1.25. The van der Waals surface area contributed by atoms with E-state index >= 15 is 0 Å². The van der Waals surface area contributed by atoms with Crippen LogP contribution in [0.15, 0.2) is 4.99 Å². The molecule has 1 aliphatic carbocycles. The summed E-state index contributed by atoms with van der Waals surface area (Å²) in [6.07, 6.45) is 3.35. The summed E-state index contributed by atoms with van der Waals surface area (Å²) in [5.41, 5.74) is 5.55. The number of hydrogen-bond acceptors (Lipinski definition) is 5. The quantitative estimate of drug-likeness (QED) is 0.366. The van der Waals surface area contributed by atoms with Crippen LogP contribution in [0.5, 0.6) is 0 Å². The number of esters is 1. The molecule has 0 bridgehead atoms. The molecular formula is C8H12N2O3. The van der Waals surface area contributed by atoms with E-state index in [1.165, 1.54) is 13.2 Å². The monoisotopic (exact) mass is 184 g/mol. The van der Waals surface area contributed by atoms with Crippen LogP contribution in [0.3, 0.4) is 0 Å². The first-order valence-corrected chi connectivity index (χ1v) is 4.11. The van der Waals surface area contributed by atoms with Crippen molar-refractivity contribution in [3.8, 4) is 0 Å². The summed E-state index contributed by atoms with van der Waals surface area (Å²) >= 11 is 0. The van der Waals surface area contributed by atoms with Crippen molar-refractivity contribution < 1.29 is 14.3 Å². The molecule has 1 unspecified atom stereocenters. The number of isocyanates is 1. The predicted octanol–water partition coefficient (Wildman–Crippen LogP) is -0.399. The Bertz CT molecular complexity index is 244. The molecular weight excluding hydrogens is 172 g/mol. The molecule has 0 amide bonds. The van der Waals surface area contributed by atoms with E-state index in [-0.39, 0.29) is 5.92 Å². The predicted molar refractivity (Wildman–Crippen MR) is 44.6 cm³/mol. The maximum atomic E-state index is 11.0.